The lowest BCUT2D eigenvalue weighted by Crippen LogP contribution is -2.34. The molecule has 0 aliphatic carbocycles. The number of nitrogens with one attached hydrogen (secondary N) is 2. The Labute approximate surface area is 49.3 Å². The molecule has 1 heterocycles. The van der Waals surface area contributed by atoms with Crippen LogP contribution in [0.15, 0.2) is 18.1 Å². The summed E-state index contributed by atoms with van der Waals surface area (Å²) in [7, 11) is 0. The van der Waals surface area contributed by atoms with E-state index in [1.165, 1.54) is 6.42 Å². The van der Waals surface area contributed by atoms with Gasteiger partial charge in [-0.25, -0.2) is 0 Å². The summed E-state index contributed by atoms with van der Waals surface area (Å²) in [5.41, 5.74) is 2.75. The third-order valence-electron chi connectivity index (χ3n) is 1.13. The Morgan fingerprint density at radius 1 is 1.38 bits per heavy atom. The summed E-state index contributed by atoms with van der Waals surface area (Å²) in [6.45, 7) is 5.59. The van der Waals surface area contributed by atoms with E-state index in [1.54, 1.807) is 0 Å². The normalized spacial score (nSPS) is 18.2. The Hall–Kier alpha value is -0.880. The van der Waals surface area contributed by atoms with Crippen molar-refractivity contribution in [2.75, 3.05) is 13.1 Å². The molecule has 2 heteroatoms. The van der Waals surface area contributed by atoms with Crippen molar-refractivity contribution < 1.29 is 0 Å². The molecule has 1 aliphatic heterocycles. The fraction of sp³-hybridized carbons (Fsp3) is 0.500. The summed E-state index contributed by atoms with van der Waals surface area (Å²) in [6.07, 6.45) is 1.19. The van der Waals surface area contributed by atoms with Gasteiger partial charge in [-0.1, -0.05) is 12.3 Å². The van der Waals surface area contributed by atoms with Gasteiger partial charge in [-0.3, -0.25) is 0 Å². The Morgan fingerprint density at radius 2 is 2.00 bits per heavy atom. The Morgan fingerprint density at radius 3 is 2.38 bits per heavy atom. The van der Waals surface area contributed by atoms with Crippen molar-refractivity contribution in [3.05, 3.63) is 18.1 Å². The molecule has 1 fully saturated rings. The van der Waals surface area contributed by atoms with Gasteiger partial charge < -0.3 is 10.6 Å². The molecule has 2 N–H and O–H groups in total. The highest BCUT2D eigenvalue weighted by Gasteiger charge is 1.98. The molecule has 0 amide bonds. The third kappa shape index (κ3) is 1.04. The molecule has 1 saturated heterocycles. The van der Waals surface area contributed by atoms with Crippen LogP contribution in [0, 0.1) is 0 Å². The first kappa shape index (κ1) is 5.26. The van der Waals surface area contributed by atoms with Crippen molar-refractivity contribution in [1.29, 1.82) is 0 Å². The average Bonchev–Trinajstić information content (AvgIpc) is 1.90. The summed E-state index contributed by atoms with van der Waals surface area (Å²) in [4.78, 5) is 0. The highest BCUT2D eigenvalue weighted by molar-refractivity contribution is 4.95. The zero-order valence-electron chi connectivity index (χ0n) is 4.83. The molecule has 0 unspecified atom stereocenters. The van der Waals surface area contributed by atoms with Crippen LogP contribution in [-0.4, -0.2) is 13.1 Å². The summed E-state index contributed by atoms with van der Waals surface area (Å²) < 4.78 is 0. The van der Waals surface area contributed by atoms with Gasteiger partial charge in [-0.05, 0) is 6.42 Å². The quantitative estimate of drug-likeness (QED) is 0.435. The average molecular weight is 110 g/mol. The zero-order valence-corrected chi connectivity index (χ0v) is 4.83. The summed E-state index contributed by atoms with van der Waals surface area (Å²) in [5.74, 6) is 0.941. The monoisotopic (exact) mass is 110 g/mol. The summed E-state index contributed by atoms with van der Waals surface area (Å²) in [6, 6.07) is 0. The fourth-order valence-corrected chi connectivity index (χ4v) is 0.703. The van der Waals surface area contributed by atoms with Gasteiger partial charge >= 0.3 is 0 Å². The number of rotatable bonds is 0. The summed E-state index contributed by atoms with van der Waals surface area (Å²) >= 11 is 0. The minimum Gasteiger partial charge on any atom is -0.365 e. The Balaban J connectivity index is 2.45. The standard InChI is InChI=1S/C6H10N2/c1-2-6-7-4-3-5-8-6/h7-8H,1,3-5H2. The lowest BCUT2D eigenvalue weighted by atomic mass is 10.3. The predicted octanol–water partition coefficient (Wildman–Crippen LogP) is 0.196. The van der Waals surface area contributed by atoms with Crippen LogP contribution in [0.3, 0.4) is 0 Å². The third-order valence-corrected chi connectivity index (χ3v) is 1.13. The zero-order chi connectivity index (χ0) is 5.82. The van der Waals surface area contributed by atoms with Crippen LogP contribution in [0.2, 0.25) is 0 Å². The second-order valence-corrected chi connectivity index (χ2v) is 1.76. The van der Waals surface area contributed by atoms with E-state index in [0.717, 1.165) is 18.9 Å². The number of hydrogen-bond acceptors (Lipinski definition) is 2. The van der Waals surface area contributed by atoms with Crippen molar-refractivity contribution in [3.8, 4) is 0 Å². The first-order valence-corrected chi connectivity index (χ1v) is 2.81. The van der Waals surface area contributed by atoms with Gasteiger partial charge in [0, 0.05) is 13.1 Å². The molecule has 0 atom stereocenters. The smallest absolute Gasteiger partial charge is 0.143 e. The van der Waals surface area contributed by atoms with E-state index >= 15 is 0 Å². The van der Waals surface area contributed by atoms with Gasteiger partial charge in [0.15, 0.2) is 0 Å². The Kier molecular flexibility index (Phi) is 1.60. The molecule has 0 aromatic heterocycles. The second-order valence-electron chi connectivity index (χ2n) is 1.76. The molecular weight excluding hydrogens is 100 g/mol. The topological polar surface area (TPSA) is 24.1 Å². The van der Waals surface area contributed by atoms with E-state index in [1.807, 2.05) is 0 Å². The van der Waals surface area contributed by atoms with E-state index in [4.69, 9.17) is 0 Å². The fourth-order valence-electron chi connectivity index (χ4n) is 0.703. The van der Waals surface area contributed by atoms with Crippen molar-refractivity contribution in [2.45, 2.75) is 6.42 Å². The van der Waals surface area contributed by atoms with Crippen LogP contribution < -0.4 is 10.6 Å². The van der Waals surface area contributed by atoms with E-state index in [-0.39, 0.29) is 0 Å². The Bertz CT molecular complexity index is 114. The van der Waals surface area contributed by atoms with Crippen LogP contribution in [0.4, 0.5) is 0 Å². The minimum absolute atomic E-state index is 0.941. The van der Waals surface area contributed by atoms with Crippen molar-refractivity contribution in [1.82, 2.24) is 10.6 Å². The van der Waals surface area contributed by atoms with Crippen LogP contribution in [0.25, 0.3) is 0 Å². The van der Waals surface area contributed by atoms with Crippen LogP contribution >= 0.6 is 0 Å². The molecule has 0 aromatic carbocycles. The van der Waals surface area contributed by atoms with Crippen LogP contribution in [0.1, 0.15) is 6.42 Å². The summed E-state index contributed by atoms with van der Waals surface area (Å²) in [5, 5.41) is 6.20. The molecule has 2 nitrogen and oxygen atoms in total. The van der Waals surface area contributed by atoms with Crippen LogP contribution in [-0.2, 0) is 0 Å². The molecule has 44 valence electrons. The lowest BCUT2D eigenvalue weighted by molar-refractivity contribution is 0.574. The van der Waals surface area contributed by atoms with Crippen LogP contribution in [0.5, 0.6) is 0 Å². The highest BCUT2D eigenvalue weighted by atomic mass is 15.1. The van der Waals surface area contributed by atoms with Crippen molar-refractivity contribution >= 4 is 0 Å². The van der Waals surface area contributed by atoms with Gasteiger partial charge in [0.05, 0.1) is 0 Å². The largest absolute Gasteiger partial charge is 0.365 e. The molecule has 0 spiro atoms. The molecular formula is C6H10N2. The molecule has 0 bridgehead atoms. The molecule has 1 rings (SSSR count). The molecule has 0 radical (unpaired) electrons. The lowest BCUT2D eigenvalue weighted by Gasteiger charge is -2.16. The first-order chi connectivity index (χ1) is 3.93. The van der Waals surface area contributed by atoms with Crippen molar-refractivity contribution in [3.63, 3.8) is 0 Å². The molecule has 0 aromatic rings. The maximum atomic E-state index is 3.50. The van der Waals surface area contributed by atoms with Gasteiger partial charge in [-0.15, -0.1) is 0 Å². The number of hydrogen-bond donors (Lipinski definition) is 2. The predicted molar refractivity (Wildman–Crippen MR) is 33.3 cm³/mol. The molecule has 8 heavy (non-hydrogen) atoms. The van der Waals surface area contributed by atoms with Crippen molar-refractivity contribution in [2.24, 2.45) is 0 Å². The maximum absolute atomic E-state index is 3.50. The van der Waals surface area contributed by atoms with E-state index < -0.39 is 0 Å². The maximum Gasteiger partial charge on any atom is 0.143 e. The van der Waals surface area contributed by atoms with E-state index in [9.17, 15) is 0 Å². The molecule has 1 aliphatic rings. The highest BCUT2D eigenvalue weighted by Crippen LogP contribution is 1.87. The SMILES string of the molecule is C=C=C1NCCCN1. The van der Waals surface area contributed by atoms with E-state index in [0.29, 0.717) is 0 Å². The van der Waals surface area contributed by atoms with Gasteiger partial charge in [0.2, 0.25) is 0 Å². The second kappa shape index (κ2) is 2.43. The van der Waals surface area contributed by atoms with E-state index in [2.05, 4.69) is 22.9 Å². The first-order valence-electron chi connectivity index (χ1n) is 2.81. The minimum atomic E-state index is 0.941. The molecule has 0 saturated carbocycles. The van der Waals surface area contributed by atoms with Gasteiger partial charge in [-0.2, -0.15) is 0 Å². The van der Waals surface area contributed by atoms with Gasteiger partial charge in [0.1, 0.15) is 5.82 Å². The van der Waals surface area contributed by atoms with Gasteiger partial charge in [0.25, 0.3) is 0 Å².